The third kappa shape index (κ3) is 3.19. The second-order valence-electron chi connectivity index (χ2n) is 4.82. The largest absolute Gasteiger partial charge is 0.399 e. The third-order valence-electron chi connectivity index (χ3n) is 3.21. The third-order valence-corrected chi connectivity index (χ3v) is 5.43. The Kier molecular flexibility index (Phi) is 4.81. The van der Waals surface area contributed by atoms with Crippen molar-refractivity contribution in [3.05, 3.63) is 23.0 Å². The average molecular weight is 309 g/mol. The monoisotopic (exact) mass is 308 g/mol. The first-order chi connectivity index (χ1) is 8.59. The number of nitrogen functional groups attached to an aromatic ring is 1. The van der Waals surface area contributed by atoms with Gasteiger partial charge in [-0.3, -0.25) is 0 Å². The van der Waals surface area contributed by atoms with Crippen molar-refractivity contribution in [3.63, 3.8) is 0 Å². The maximum Gasteiger partial charge on any atom is 0.246 e. The minimum absolute atomic E-state index is 0.0966. The van der Waals surface area contributed by atoms with E-state index in [1.54, 1.807) is 6.92 Å². The van der Waals surface area contributed by atoms with Gasteiger partial charge in [0, 0.05) is 18.8 Å². The van der Waals surface area contributed by atoms with Gasteiger partial charge < -0.3 is 5.73 Å². The van der Waals surface area contributed by atoms with Crippen LogP contribution in [0, 0.1) is 11.7 Å². The van der Waals surface area contributed by atoms with E-state index in [0.29, 0.717) is 0 Å². The van der Waals surface area contributed by atoms with Crippen LogP contribution in [0.4, 0.5) is 10.1 Å². The number of hydrogen-bond acceptors (Lipinski definition) is 3. The van der Waals surface area contributed by atoms with E-state index in [1.807, 2.05) is 13.8 Å². The summed E-state index contributed by atoms with van der Waals surface area (Å²) in [6.45, 7) is 5.53. The molecule has 1 unspecified atom stereocenters. The molecule has 0 saturated carbocycles. The molecule has 1 aromatic rings. The summed E-state index contributed by atoms with van der Waals surface area (Å²) in [7, 11) is -2.55. The first-order valence-electron chi connectivity index (χ1n) is 5.81. The van der Waals surface area contributed by atoms with Crippen molar-refractivity contribution in [2.24, 2.45) is 5.92 Å². The van der Waals surface area contributed by atoms with Crippen LogP contribution in [0.3, 0.4) is 0 Å². The number of rotatable bonds is 4. The predicted octanol–water partition coefficient (Wildman–Crippen LogP) is 2.73. The van der Waals surface area contributed by atoms with Gasteiger partial charge in [-0.25, -0.2) is 12.8 Å². The van der Waals surface area contributed by atoms with Crippen molar-refractivity contribution in [3.8, 4) is 0 Å². The molecule has 0 heterocycles. The Morgan fingerprint density at radius 2 is 1.84 bits per heavy atom. The Morgan fingerprint density at radius 3 is 2.32 bits per heavy atom. The average Bonchev–Trinajstić information content (AvgIpc) is 2.31. The van der Waals surface area contributed by atoms with Crippen LogP contribution in [0.15, 0.2) is 17.0 Å². The molecule has 1 atom stereocenters. The number of nitrogens with two attached hydrogens (primary N) is 1. The van der Waals surface area contributed by atoms with Gasteiger partial charge in [0.15, 0.2) is 5.82 Å². The molecule has 1 rings (SSSR count). The van der Waals surface area contributed by atoms with Crippen molar-refractivity contribution in [2.45, 2.75) is 31.7 Å². The molecule has 0 aliphatic carbocycles. The number of anilines is 1. The SMILES string of the molecule is CC(C)C(C)N(C)S(=O)(=O)c1cc(N)cc(Cl)c1F. The van der Waals surface area contributed by atoms with Crippen LogP contribution in [0.5, 0.6) is 0 Å². The van der Waals surface area contributed by atoms with Crippen LogP contribution < -0.4 is 5.73 Å². The van der Waals surface area contributed by atoms with E-state index >= 15 is 0 Å². The number of hydrogen-bond donors (Lipinski definition) is 1. The summed E-state index contributed by atoms with van der Waals surface area (Å²) in [6.07, 6.45) is 0. The molecular weight excluding hydrogens is 291 g/mol. The molecule has 0 saturated heterocycles. The molecule has 19 heavy (non-hydrogen) atoms. The quantitative estimate of drug-likeness (QED) is 0.870. The van der Waals surface area contributed by atoms with E-state index in [0.717, 1.165) is 10.4 Å². The molecule has 0 aliphatic rings. The number of benzene rings is 1. The molecule has 0 aromatic heterocycles. The lowest BCUT2D eigenvalue weighted by Gasteiger charge is -2.27. The van der Waals surface area contributed by atoms with Crippen LogP contribution in [0.1, 0.15) is 20.8 Å². The zero-order chi connectivity index (χ0) is 15.0. The lowest BCUT2D eigenvalue weighted by molar-refractivity contribution is 0.314. The van der Waals surface area contributed by atoms with Gasteiger partial charge in [-0.05, 0) is 25.0 Å². The highest BCUT2D eigenvalue weighted by Gasteiger charge is 2.30. The fourth-order valence-electron chi connectivity index (χ4n) is 1.57. The highest BCUT2D eigenvalue weighted by Crippen LogP contribution is 2.29. The van der Waals surface area contributed by atoms with Gasteiger partial charge in [0.25, 0.3) is 0 Å². The Balaban J connectivity index is 3.36. The molecule has 1 aromatic carbocycles. The van der Waals surface area contributed by atoms with E-state index in [2.05, 4.69) is 0 Å². The molecule has 7 heteroatoms. The minimum atomic E-state index is -3.97. The summed E-state index contributed by atoms with van der Waals surface area (Å²) in [5, 5.41) is -0.302. The lowest BCUT2D eigenvalue weighted by Crippen LogP contribution is -2.38. The number of sulfonamides is 1. The Morgan fingerprint density at radius 1 is 1.32 bits per heavy atom. The summed E-state index contributed by atoms with van der Waals surface area (Å²) in [6, 6.07) is 1.99. The van der Waals surface area contributed by atoms with Crippen LogP contribution in [-0.4, -0.2) is 25.8 Å². The molecule has 0 fully saturated rings. The lowest BCUT2D eigenvalue weighted by atomic mass is 10.1. The summed E-state index contributed by atoms with van der Waals surface area (Å²) in [5.41, 5.74) is 5.63. The van der Waals surface area contributed by atoms with Gasteiger partial charge in [0.1, 0.15) is 4.90 Å². The molecule has 108 valence electrons. The maximum absolute atomic E-state index is 13.9. The topological polar surface area (TPSA) is 63.4 Å². The first-order valence-corrected chi connectivity index (χ1v) is 7.63. The standard InChI is InChI=1S/C12H18ClFN2O2S/c1-7(2)8(3)16(4)19(17,18)11-6-9(15)5-10(13)12(11)14/h5-8H,15H2,1-4H3. The van der Waals surface area contributed by atoms with Crippen molar-refractivity contribution in [2.75, 3.05) is 12.8 Å². The molecule has 2 N–H and O–H groups in total. The van der Waals surface area contributed by atoms with E-state index < -0.39 is 20.7 Å². The second-order valence-corrected chi connectivity index (χ2v) is 7.19. The summed E-state index contributed by atoms with van der Waals surface area (Å²) >= 11 is 5.63. The fraction of sp³-hybridized carbons (Fsp3) is 0.500. The molecule has 4 nitrogen and oxygen atoms in total. The minimum Gasteiger partial charge on any atom is -0.399 e. The van der Waals surface area contributed by atoms with Crippen molar-refractivity contribution in [1.82, 2.24) is 4.31 Å². The van der Waals surface area contributed by atoms with Crippen LogP contribution in [0.2, 0.25) is 5.02 Å². The normalized spacial score (nSPS) is 14.1. The van der Waals surface area contributed by atoms with E-state index in [1.165, 1.54) is 13.1 Å². The Hall–Kier alpha value is -0.850. The Bertz CT molecular complexity index is 575. The number of nitrogens with zero attached hydrogens (tertiary/aromatic N) is 1. The van der Waals surface area contributed by atoms with E-state index in [-0.39, 0.29) is 22.7 Å². The van der Waals surface area contributed by atoms with Crippen molar-refractivity contribution < 1.29 is 12.8 Å². The molecule has 0 bridgehead atoms. The molecule has 0 aliphatic heterocycles. The van der Waals surface area contributed by atoms with Gasteiger partial charge >= 0.3 is 0 Å². The molecular formula is C12H18ClFN2O2S. The van der Waals surface area contributed by atoms with E-state index in [4.69, 9.17) is 17.3 Å². The highest BCUT2D eigenvalue weighted by molar-refractivity contribution is 7.89. The summed E-state index contributed by atoms with van der Waals surface area (Å²) < 4.78 is 39.8. The molecule has 0 radical (unpaired) electrons. The zero-order valence-corrected chi connectivity index (χ0v) is 12.9. The van der Waals surface area contributed by atoms with Crippen molar-refractivity contribution in [1.29, 1.82) is 0 Å². The molecule has 0 spiro atoms. The van der Waals surface area contributed by atoms with Gasteiger partial charge in [-0.2, -0.15) is 4.31 Å². The summed E-state index contributed by atoms with van der Waals surface area (Å²) in [4.78, 5) is -0.493. The van der Waals surface area contributed by atoms with Gasteiger partial charge in [0.2, 0.25) is 10.0 Å². The van der Waals surface area contributed by atoms with Gasteiger partial charge in [-0.1, -0.05) is 25.4 Å². The van der Waals surface area contributed by atoms with Crippen LogP contribution >= 0.6 is 11.6 Å². The first kappa shape index (κ1) is 16.2. The second kappa shape index (κ2) is 5.64. The van der Waals surface area contributed by atoms with Crippen LogP contribution in [-0.2, 0) is 10.0 Å². The fourth-order valence-corrected chi connectivity index (χ4v) is 3.46. The molecule has 0 amide bonds. The maximum atomic E-state index is 13.9. The van der Waals surface area contributed by atoms with Crippen molar-refractivity contribution >= 4 is 27.3 Å². The summed E-state index contributed by atoms with van der Waals surface area (Å²) in [5.74, 6) is -0.877. The predicted molar refractivity (Wildman–Crippen MR) is 75.1 cm³/mol. The smallest absolute Gasteiger partial charge is 0.246 e. The zero-order valence-electron chi connectivity index (χ0n) is 11.3. The highest BCUT2D eigenvalue weighted by atomic mass is 35.5. The van der Waals surface area contributed by atoms with Crippen LogP contribution in [0.25, 0.3) is 0 Å². The Labute approximate surface area is 118 Å². The number of halogens is 2. The van der Waals surface area contributed by atoms with Gasteiger partial charge in [-0.15, -0.1) is 0 Å². The van der Waals surface area contributed by atoms with E-state index in [9.17, 15) is 12.8 Å². The van der Waals surface area contributed by atoms with Gasteiger partial charge in [0.05, 0.1) is 5.02 Å².